The van der Waals surface area contributed by atoms with E-state index in [9.17, 15) is 0 Å². The minimum absolute atomic E-state index is 1.21. The van der Waals surface area contributed by atoms with Gasteiger partial charge in [-0.3, -0.25) is 0 Å². The fourth-order valence-corrected chi connectivity index (χ4v) is 1.04. The molecule has 1 aromatic rings. The quantitative estimate of drug-likeness (QED) is 0.620. The molecule has 0 saturated heterocycles. The van der Waals surface area contributed by atoms with E-state index >= 15 is 0 Å². The summed E-state index contributed by atoms with van der Waals surface area (Å²) in [6.45, 7) is 8.33. The Labute approximate surface area is 76.6 Å². The highest BCUT2D eigenvalue weighted by Gasteiger charge is 1.87. The van der Waals surface area contributed by atoms with E-state index in [1.165, 1.54) is 24.0 Å². The Hall–Kier alpha value is -0.780. The summed E-state index contributed by atoms with van der Waals surface area (Å²) in [5.74, 6) is 0. The molecule has 0 atom stereocenters. The number of hydrogen-bond donors (Lipinski definition) is 0. The molecule has 0 bridgehead atoms. The molecule has 0 aliphatic heterocycles. The Kier molecular flexibility index (Phi) is 6.45. The summed E-state index contributed by atoms with van der Waals surface area (Å²) in [7, 11) is 0. The van der Waals surface area contributed by atoms with Crippen molar-refractivity contribution in [2.45, 2.75) is 40.5 Å². The molecule has 12 heavy (non-hydrogen) atoms. The van der Waals surface area contributed by atoms with Crippen LogP contribution in [-0.2, 0) is 6.42 Å². The van der Waals surface area contributed by atoms with Crippen LogP contribution in [0.5, 0.6) is 0 Å². The molecule has 0 unspecified atom stereocenters. The van der Waals surface area contributed by atoms with E-state index in [1.807, 2.05) is 13.8 Å². The molecule has 0 nitrogen and oxygen atoms in total. The Balaban J connectivity index is 0.000000561. The highest BCUT2D eigenvalue weighted by Crippen LogP contribution is 2.04. The van der Waals surface area contributed by atoms with Gasteiger partial charge in [0.15, 0.2) is 0 Å². The highest BCUT2D eigenvalue weighted by molar-refractivity contribution is 5.21. The molecule has 0 saturated carbocycles. The normalized spacial score (nSPS) is 8.67. The van der Waals surface area contributed by atoms with E-state index in [0.29, 0.717) is 0 Å². The fourth-order valence-electron chi connectivity index (χ4n) is 1.04. The number of hydrogen-bond acceptors (Lipinski definition) is 0. The van der Waals surface area contributed by atoms with Crippen molar-refractivity contribution in [2.24, 2.45) is 0 Å². The maximum atomic E-state index is 2.21. The molecule has 0 radical (unpaired) electrons. The number of rotatable bonds is 2. The zero-order valence-corrected chi connectivity index (χ0v) is 8.72. The first kappa shape index (κ1) is 11.2. The van der Waals surface area contributed by atoms with E-state index in [0.717, 1.165) is 0 Å². The molecule has 0 fully saturated rings. The predicted molar refractivity (Wildman–Crippen MR) is 56.5 cm³/mol. The van der Waals surface area contributed by atoms with Gasteiger partial charge in [-0.15, -0.1) is 0 Å². The molecule has 0 aliphatic rings. The van der Waals surface area contributed by atoms with Crippen LogP contribution >= 0.6 is 0 Å². The summed E-state index contributed by atoms with van der Waals surface area (Å²) in [6.07, 6.45) is 2.45. The summed E-state index contributed by atoms with van der Waals surface area (Å²) in [5.41, 5.74) is 2.80. The highest BCUT2D eigenvalue weighted by atomic mass is 13.9. The van der Waals surface area contributed by atoms with Gasteiger partial charge < -0.3 is 0 Å². The lowest BCUT2D eigenvalue weighted by Gasteiger charge is -1.97. The number of aryl methyl sites for hydroxylation is 2. The lowest BCUT2D eigenvalue weighted by atomic mass is 10.1. The maximum Gasteiger partial charge on any atom is -0.0281 e. The van der Waals surface area contributed by atoms with Crippen LogP contribution in [0.3, 0.4) is 0 Å². The molecule has 0 spiro atoms. The maximum absolute atomic E-state index is 2.21. The topological polar surface area (TPSA) is 0 Å². The Morgan fingerprint density at radius 1 is 1.00 bits per heavy atom. The standard InChI is InChI=1S/C10H14.C2H6/c1-3-4-10-7-5-9(2)6-8-10;1-2/h5-8H,3-4H2,1-2H3;1-2H3. The molecular weight excluding hydrogens is 144 g/mol. The first-order valence-corrected chi connectivity index (χ1v) is 4.88. The van der Waals surface area contributed by atoms with Gasteiger partial charge in [0.25, 0.3) is 0 Å². The zero-order valence-electron chi connectivity index (χ0n) is 8.72. The summed E-state index contributed by atoms with van der Waals surface area (Å²) < 4.78 is 0. The monoisotopic (exact) mass is 164 g/mol. The Morgan fingerprint density at radius 3 is 1.92 bits per heavy atom. The summed E-state index contributed by atoms with van der Waals surface area (Å²) in [6, 6.07) is 8.76. The van der Waals surface area contributed by atoms with Crippen LogP contribution < -0.4 is 0 Å². The first-order chi connectivity index (χ1) is 5.83. The Morgan fingerprint density at radius 2 is 1.50 bits per heavy atom. The van der Waals surface area contributed by atoms with Gasteiger partial charge in [0.05, 0.1) is 0 Å². The van der Waals surface area contributed by atoms with Crippen molar-refractivity contribution in [3.05, 3.63) is 35.4 Å². The largest absolute Gasteiger partial charge is 0.0683 e. The molecule has 1 aromatic carbocycles. The van der Waals surface area contributed by atoms with Crippen molar-refractivity contribution in [3.63, 3.8) is 0 Å². The van der Waals surface area contributed by atoms with Crippen LogP contribution in [-0.4, -0.2) is 0 Å². The van der Waals surface area contributed by atoms with Crippen LogP contribution in [0.15, 0.2) is 24.3 Å². The molecule has 1 rings (SSSR count). The van der Waals surface area contributed by atoms with E-state index in [-0.39, 0.29) is 0 Å². The van der Waals surface area contributed by atoms with Crippen LogP contribution in [0.4, 0.5) is 0 Å². The molecule has 0 N–H and O–H groups in total. The lowest BCUT2D eigenvalue weighted by molar-refractivity contribution is 0.921. The van der Waals surface area contributed by atoms with Gasteiger partial charge in [0.1, 0.15) is 0 Å². The van der Waals surface area contributed by atoms with Crippen molar-refractivity contribution in [1.29, 1.82) is 0 Å². The summed E-state index contributed by atoms with van der Waals surface area (Å²) in [5, 5.41) is 0. The molecular formula is C12H20. The van der Waals surface area contributed by atoms with Crippen molar-refractivity contribution in [2.75, 3.05) is 0 Å². The van der Waals surface area contributed by atoms with E-state index < -0.39 is 0 Å². The van der Waals surface area contributed by atoms with E-state index in [2.05, 4.69) is 38.1 Å². The predicted octanol–water partition coefficient (Wildman–Crippen LogP) is 3.97. The second kappa shape index (κ2) is 6.90. The minimum atomic E-state index is 1.21. The molecule has 0 aromatic heterocycles. The van der Waals surface area contributed by atoms with Crippen LogP contribution in [0.1, 0.15) is 38.3 Å². The van der Waals surface area contributed by atoms with Gasteiger partial charge in [-0.1, -0.05) is 57.0 Å². The van der Waals surface area contributed by atoms with Crippen molar-refractivity contribution < 1.29 is 0 Å². The van der Waals surface area contributed by atoms with Crippen LogP contribution in [0.25, 0.3) is 0 Å². The van der Waals surface area contributed by atoms with Crippen molar-refractivity contribution in [3.8, 4) is 0 Å². The molecule has 68 valence electrons. The van der Waals surface area contributed by atoms with Crippen molar-refractivity contribution in [1.82, 2.24) is 0 Å². The molecule has 0 amide bonds. The second-order valence-electron chi connectivity index (χ2n) is 2.74. The van der Waals surface area contributed by atoms with Gasteiger partial charge in [-0.2, -0.15) is 0 Å². The summed E-state index contributed by atoms with van der Waals surface area (Å²) >= 11 is 0. The molecule has 0 heterocycles. The van der Waals surface area contributed by atoms with Crippen LogP contribution in [0.2, 0.25) is 0 Å². The third-order valence-electron chi connectivity index (χ3n) is 1.66. The van der Waals surface area contributed by atoms with Gasteiger partial charge in [0.2, 0.25) is 0 Å². The second-order valence-corrected chi connectivity index (χ2v) is 2.74. The SMILES string of the molecule is CC.CCCc1ccc(C)cc1. The molecule has 0 aliphatic carbocycles. The van der Waals surface area contributed by atoms with Crippen LogP contribution in [0, 0.1) is 6.92 Å². The van der Waals surface area contributed by atoms with Gasteiger partial charge in [-0.25, -0.2) is 0 Å². The average Bonchev–Trinajstić information content (AvgIpc) is 2.13. The summed E-state index contributed by atoms with van der Waals surface area (Å²) in [4.78, 5) is 0. The lowest BCUT2D eigenvalue weighted by Crippen LogP contribution is -1.81. The fraction of sp³-hybridized carbons (Fsp3) is 0.500. The number of benzene rings is 1. The third kappa shape index (κ3) is 4.17. The van der Waals surface area contributed by atoms with Gasteiger partial charge in [-0.05, 0) is 18.9 Å². The zero-order chi connectivity index (χ0) is 9.40. The van der Waals surface area contributed by atoms with Gasteiger partial charge in [0, 0.05) is 0 Å². The van der Waals surface area contributed by atoms with Gasteiger partial charge >= 0.3 is 0 Å². The third-order valence-corrected chi connectivity index (χ3v) is 1.66. The minimum Gasteiger partial charge on any atom is -0.0683 e. The average molecular weight is 164 g/mol. The van der Waals surface area contributed by atoms with Crippen molar-refractivity contribution >= 4 is 0 Å². The van der Waals surface area contributed by atoms with E-state index in [1.54, 1.807) is 0 Å². The first-order valence-electron chi connectivity index (χ1n) is 4.88. The van der Waals surface area contributed by atoms with E-state index in [4.69, 9.17) is 0 Å². The molecule has 0 heteroatoms. The Bertz CT molecular complexity index is 184. The smallest absolute Gasteiger partial charge is 0.0281 e.